The number of unbranched alkanes of at least 4 members (excludes halogenated alkanes) is 2. The minimum atomic E-state index is -0.521. The molecule has 0 fully saturated rings. The Bertz CT molecular complexity index is 4630. The third-order valence-electron chi connectivity index (χ3n) is 21.5. The van der Waals surface area contributed by atoms with Gasteiger partial charge in [-0.25, -0.2) is 0 Å². The Morgan fingerprint density at radius 3 is 1.01 bits per heavy atom. The van der Waals surface area contributed by atoms with Crippen molar-refractivity contribution in [3.63, 3.8) is 0 Å². The molecule has 12 aromatic carbocycles. The zero-order valence-electron chi connectivity index (χ0n) is 54.4. The van der Waals surface area contributed by atoms with Crippen molar-refractivity contribution >= 4 is 110 Å². The van der Waals surface area contributed by atoms with E-state index in [1.54, 1.807) is 0 Å². The number of benzene rings is 12. The lowest BCUT2D eigenvalue weighted by molar-refractivity contribution is 0.0565. The lowest BCUT2D eigenvalue weighted by atomic mass is 9.69. The van der Waals surface area contributed by atoms with Gasteiger partial charge in [-0.2, -0.15) is 0 Å². The Morgan fingerprint density at radius 1 is 0.378 bits per heavy atom. The van der Waals surface area contributed by atoms with Crippen molar-refractivity contribution in [2.45, 2.75) is 151 Å². The van der Waals surface area contributed by atoms with Gasteiger partial charge in [0.25, 0.3) is 23.6 Å². The molecule has 3 aliphatic rings. The second kappa shape index (κ2) is 20.7. The second-order valence-electron chi connectivity index (χ2n) is 29.2. The van der Waals surface area contributed by atoms with Gasteiger partial charge >= 0.3 is 0 Å². The van der Waals surface area contributed by atoms with Crippen molar-refractivity contribution in [3.05, 3.63) is 178 Å². The van der Waals surface area contributed by atoms with Gasteiger partial charge in [0, 0.05) is 73.8 Å². The largest absolute Gasteiger partial charge is 0.455 e. The molecule has 7 nitrogen and oxygen atoms in total. The van der Waals surface area contributed by atoms with Crippen LogP contribution in [-0.2, 0) is 16.2 Å². The highest BCUT2D eigenvalue weighted by Gasteiger charge is 2.42. The zero-order valence-corrected chi connectivity index (χ0v) is 54.4. The van der Waals surface area contributed by atoms with Crippen LogP contribution in [0.1, 0.15) is 198 Å². The molecule has 0 saturated carbocycles. The van der Waals surface area contributed by atoms with Crippen molar-refractivity contribution in [1.29, 1.82) is 0 Å². The third kappa shape index (κ3) is 8.35. The van der Waals surface area contributed by atoms with E-state index in [0.717, 1.165) is 182 Å². The third-order valence-corrected chi connectivity index (χ3v) is 21.5. The average molecular weight is 1190 g/mol. The summed E-state index contributed by atoms with van der Waals surface area (Å²) in [7, 11) is 0. The van der Waals surface area contributed by atoms with Crippen LogP contribution in [0.15, 0.2) is 133 Å². The molecular formula is C83H80N2O5. The van der Waals surface area contributed by atoms with Gasteiger partial charge in [0.2, 0.25) is 0 Å². The van der Waals surface area contributed by atoms with E-state index in [-0.39, 0.29) is 46.3 Å². The Balaban J connectivity index is 0.904. The van der Waals surface area contributed by atoms with E-state index >= 15 is 0 Å². The van der Waals surface area contributed by atoms with Crippen molar-refractivity contribution in [3.8, 4) is 33.8 Å². The summed E-state index contributed by atoms with van der Waals surface area (Å²) < 4.78 is 7.84. The Morgan fingerprint density at radius 2 is 0.689 bits per heavy atom. The molecule has 0 aliphatic carbocycles. The molecule has 2 atom stereocenters. The molecule has 0 saturated heterocycles. The van der Waals surface area contributed by atoms with E-state index in [0.29, 0.717) is 35.3 Å². The molecule has 3 aliphatic heterocycles. The molecule has 15 rings (SSSR count). The van der Waals surface area contributed by atoms with E-state index in [9.17, 15) is 19.2 Å². The van der Waals surface area contributed by atoms with Crippen molar-refractivity contribution in [2.75, 3.05) is 13.1 Å². The summed E-state index contributed by atoms with van der Waals surface area (Å²) in [6.07, 6.45) is 8.12. The summed E-state index contributed by atoms with van der Waals surface area (Å²) in [5.41, 5.74) is 10.4. The van der Waals surface area contributed by atoms with Gasteiger partial charge in [-0.3, -0.25) is 29.0 Å². The first-order valence-electron chi connectivity index (χ1n) is 33.3. The first kappa shape index (κ1) is 57.7. The summed E-state index contributed by atoms with van der Waals surface area (Å²) >= 11 is 0. The number of fused-ring (bicyclic) bond motifs is 6. The van der Waals surface area contributed by atoms with Crippen LogP contribution in [0.3, 0.4) is 0 Å². The highest BCUT2D eigenvalue weighted by molar-refractivity contribution is 6.41. The van der Waals surface area contributed by atoms with Gasteiger partial charge in [-0.1, -0.05) is 219 Å². The van der Waals surface area contributed by atoms with E-state index < -0.39 is 5.41 Å². The predicted octanol–water partition coefficient (Wildman–Crippen LogP) is 21.8. The van der Waals surface area contributed by atoms with E-state index in [1.807, 2.05) is 24.3 Å². The maximum atomic E-state index is 14.6. The van der Waals surface area contributed by atoms with Crippen molar-refractivity contribution in [1.82, 2.24) is 9.80 Å². The van der Waals surface area contributed by atoms with E-state index in [1.165, 1.54) is 20.9 Å². The molecule has 3 heterocycles. The molecule has 452 valence electrons. The Hall–Kier alpha value is -8.68. The number of hydrogen-bond donors (Lipinski definition) is 0. The fraction of sp³-hybridized carbons (Fsp3) is 0.325. The molecule has 0 N–H and O–H groups in total. The molecule has 0 spiro atoms. The highest BCUT2D eigenvalue weighted by Crippen LogP contribution is 2.59. The first-order valence-corrected chi connectivity index (χ1v) is 33.3. The van der Waals surface area contributed by atoms with Gasteiger partial charge in [0.05, 0.1) is 0 Å². The second-order valence-corrected chi connectivity index (χ2v) is 29.2. The van der Waals surface area contributed by atoms with Crippen LogP contribution >= 0.6 is 0 Å². The number of carbonyl (C=O) groups is 4. The number of ether oxygens (including phenoxy) is 1. The molecule has 12 aromatic rings. The molecule has 4 amide bonds. The topological polar surface area (TPSA) is 84.0 Å². The standard InChI is InChI=1S/C83H80N2O5/c1-13-17-21-45(15-3)43-84-77(86)61-35-31-57-53-25-19-23-51-49(27-29-55(69(51)53)59-33-37-63(79(84)88)73(61)71(57)59)65-39-47(81(5,6)7)41-67-75(65)90-76-66(40-48(82(8,9)10)42-68(76)83(67,11)12)50-28-30-56-60-34-38-64-74-62(78(87)85(80(64)89)44-46(16-4)22-18-14-2)36-32-58(72(60)74)54-26-20-24-52(50)70(54)56/h19-20,23-42,45-46H,13-18,21-22,43-44H2,1-12H3. The van der Waals surface area contributed by atoms with Gasteiger partial charge in [0.15, 0.2) is 0 Å². The van der Waals surface area contributed by atoms with Gasteiger partial charge in [-0.15, -0.1) is 0 Å². The van der Waals surface area contributed by atoms with Gasteiger partial charge in [-0.05, 0) is 170 Å². The average Bonchev–Trinajstić information content (AvgIpc) is 0.710. The van der Waals surface area contributed by atoms with Gasteiger partial charge < -0.3 is 4.74 Å². The van der Waals surface area contributed by atoms with Crippen LogP contribution in [0.5, 0.6) is 11.5 Å². The monoisotopic (exact) mass is 1180 g/mol. The maximum absolute atomic E-state index is 14.6. The first-order chi connectivity index (χ1) is 43.2. The lowest BCUT2D eigenvalue weighted by Crippen LogP contribution is -2.43. The molecule has 0 bridgehead atoms. The smallest absolute Gasteiger partial charge is 0.261 e. The number of carbonyl (C=O) groups excluding carboxylic acids is 4. The zero-order chi connectivity index (χ0) is 62.8. The number of amides is 4. The van der Waals surface area contributed by atoms with Crippen LogP contribution in [0.25, 0.3) is 108 Å². The molecular weight excluding hydrogens is 1100 g/mol. The fourth-order valence-corrected chi connectivity index (χ4v) is 16.2. The van der Waals surface area contributed by atoms with Crippen LogP contribution in [-0.4, -0.2) is 46.5 Å². The molecule has 0 aromatic heterocycles. The normalized spacial score (nSPS) is 15.7. The van der Waals surface area contributed by atoms with Crippen molar-refractivity contribution in [2.24, 2.45) is 11.8 Å². The number of rotatable bonds is 14. The SMILES string of the molecule is CCCCC(CC)CN1C(=O)c2ccc3c4cccc5c(-c6cc(C(C)(C)C)cc7c6Oc6c(-c8ccc9c%10ccc%11c%12c(ccc(c%13cccc8c%139)c%12%10)C(=O)N(CC(CC)CCCC)C%11=O)cc(C(C)(C)C)cc6C7(C)C)ccc(c6ccc(c2c36)C1=O)c54. The summed E-state index contributed by atoms with van der Waals surface area (Å²) in [5.74, 6) is 1.41. The van der Waals surface area contributed by atoms with Crippen LogP contribution in [0, 0.1) is 11.8 Å². The molecule has 90 heavy (non-hydrogen) atoms. The minimum Gasteiger partial charge on any atom is -0.455 e. The minimum absolute atomic E-state index is 0.198. The molecule has 2 unspecified atom stereocenters. The van der Waals surface area contributed by atoms with Gasteiger partial charge in [0.1, 0.15) is 11.5 Å². The molecule has 7 heteroatoms. The number of hydrogen-bond acceptors (Lipinski definition) is 5. The highest BCUT2D eigenvalue weighted by atomic mass is 16.5. The van der Waals surface area contributed by atoms with Crippen molar-refractivity contribution < 1.29 is 23.9 Å². The lowest BCUT2D eigenvalue weighted by Gasteiger charge is -2.39. The molecule has 0 radical (unpaired) electrons. The quantitative estimate of drug-likeness (QED) is 0.0615. The summed E-state index contributed by atoms with van der Waals surface area (Å²) in [6.45, 7) is 28.1. The maximum Gasteiger partial charge on any atom is 0.261 e. The summed E-state index contributed by atoms with van der Waals surface area (Å²) in [4.78, 5) is 61.2. The summed E-state index contributed by atoms with van der Waals surface area (Å²) in [5, 5.41) is 16.4. The Labute approximate surface area is 528 Å². The number of nitrogens with zero attached hydrogens (tertiary/aromatic N) is 2. The van der Waals surface area contributed by atoms with E-state index in [4.69, 9.17) is 4.74 Å². The Kier molecular flexibility index (Phi) is 13.3. The van der Waals surface area contributed by atoms with E-state index in [2.05, 4.69) is 192 Å². The van der Waals surface area contributed by atoms with Crippen LogP contribution in [0.4, 0.5) is 0 Å². The predicted molar refractivity (Wildman–Crippen MR) is 373 cm³/mol. The summed E-state index contributed by atoms with van der Waals surface area (Å²) in [6, 6.07) is 48.2. The van der Waals surface area contributed by atoms with Crippen LogP contribution in [0.2, 0.25) is 0 Å². The fourth-order valence-electron chi connectivity index (χ4n) is 16.2. The number of imide groups is 2. The van der Waals surface area contributed by atoms with Crippen LogP contribution < -0.4 is 4.74 Å².